The molecule has 3 aliphatic heterocycles. The van der Waals surface area contributed by atoms with Gasteiger partial charge in [0.25, 0.3) is 0 Å². The van der Waals surface area contributed by atoms with Gasteiger partial charge in [0.1, 0.15) is 73.2 Å². The minimum Gasteiger partial charge on any atom is -0.394 e. The maximum Gasteiger partial charge on any atom is 0.187 e. The van der Waals surface area contributed by atoms with Crippen LogP contribution in [0.3, 0.4) is 0 Å². The molecule has 42 heavy (non-hydrogen) atoms. The third-order valence-corrected chi connectivity index (χ3v) is 8.24. The Morgan fingerprint density at radius 3 is 1.67 bits per heavy atom. The molecule has 246 valence electrons. The van der Waals surface area contributed by atoms with Gasteiger partial charge in [-0.25, -0.2) is 0 Å². The minimum atomic E-state index is -1.78. The average Bonchev–Trinajstić information content (AvgIpc) is 3.27. The van der Waals surface area contributed by atoms with Gasteiger partial charge in [-0.1, -0.05) is 0 Å². The van der Waals surface area contributed by atoms with E-state index in [0.717, 1.165) is 0 Å². The summed E-state index contributed by atoms with van der Waals surface area (Å²) in [7, 11) is 0. The van der Waals surface area contributed by atoms with Gasteiger partial charge in [-0.15, -0.1) is 0 Å². The zero-order chi connectivity index (χ0) is 31.0. The van der Waals surface area contributed by atoms with Crippen LogP contribution in [-0.4, -0.2) is 182 Å². The molecule has 1 saturated carbocycles. The minimum absolute atomic E-state index is 0.0234. The predicted molar refractivity (Wildman–Crippen MR) is 134 cm³/mol. The summed E-state index contributed by atoms with van der Waals surface area (Å²) < 4.78 is 34.1. The molecule has 3 heterocycles. The van der Waals surface area contributed by atoms with Crippen LogP contribution in [0.4, 0.5) is 0 Å². The first-order chi connectivity index (χ1) is 19.8. The van der Waals surface area contributed by atoms with Gasteiger partial charge >= 0.3 is 0 Å². The maximum absolute atomic E-state index is 11.1. The lowest BCUT2D eigenvalue weighted by Crippen LogP contribution is -2.67. The molecule has 0 aromatic rings. The molecule has 0 radical (unpaired) electrons. The fraction of sp³-hybridized carbons (Fsp3) is 1.00. The van der Waals surface area contributed by atoms with Gasteiger partial charge in [-0.3, -0.25) is 0 Å². The molecule has 10 unspecified atom stereocenters. The smallest absolute Gasteiger partial charge is 0.187 e. The van der Waals surface area contributed by atoms with E-state index < -0.39 is 130 Å². The highest BCUT2D eigenvalue weighted by Crippen LogP contribution is 2.34. The average molecular weight is 617 g/mol. The van der Waals surface area contributed by atoms with Crippen molar-refractivity contribution in [2.24, 2.45) is 22.9 Å². The summed E-state index contributed by atoms with van der Waals surface area (Å²) in [6, 6.07) is -3.12. The SMILES string of the molecule is NCC1O[C@H](O[C@@H]2C(O)[C@H](OC3C(O)[C@H](N)CC(N)[C@H]3O[C@H]3OC(CO)[C@@H](O)C(O)C3O)O[C@@H]2CO)C(N)C(O)[C@@H]1O. The van der Waals surface area contributed by atoms with Crippen molar-refractivity contribution in [3.8, 4) is 0 Å². The number of aliphatic hydroxyl groups excluding tert-OH is 9. The van der Waals surface area contributed by atoms with Crippen LogP contribution in [0.2, 0.25) is 0 Å². The summed E-state index contributed by atoms with van der Waals surface area (Å²) in [4.78, 5) is 0. The van der Waals surface area contributed by atoms with Crippen molar-refractivity contribution < 1.29 is 74.4 Å². The number of ether oxygens (including phenoxy) is 6. The van der Waals surface area contributed by atoms with Crippen LogP contribution in [0.25, 0.3) is 0 Å². The van der Waals surface area contributed by atoms with Gasteiger partial charge in [-0.2, -0.15) is 0 Å². The molecule has 3 saturated heterocycles. The quantitative estimate of drug-likeness (QED) is 0.114. The second-order valence-corrected chi connectivity index (χ2v) is 11.1. The van der Waals surface area contributed by atoms with Crippen molar-refractivity contribution in [1.29, 1.82) is 0 Å². The number of hydrogen-bond donors (Lipinski definition) is 13. The van der Waals surface area contributed by atoms with E-state index in [0.29, 0.717) is 0 Å². The van der Waals surface area contributed by atoms with Gasteiger partial charge in [-0.05, 0) is 6.42 Å². The molecular formula is C23H44N4O15. The topological polar surface area (TPSA) is 342 Å². The highest BCUT2D eigenvalue weighted by atomic mass is 16.8. The Kier molecular flexibility index (Phi) is 11.5. The summed E-state index contributed by atoms with van der Waals surface area (Å²) in [6.45, 7) is -1.57. The molecule has 0 aromatic carbocycles. The predicted octanol–water partition coefficient (Wildman–Crippen LogP) is -8.83. The van der Waals surface area contributed by atoms with Crippen LogP contribution in [0.5, 0.6) is 0 Å². The first kappa shape index (κ1) is 34.1. The van der Waals surface area contributed by atoms with E-state index in [-0.39, 0.29) is 13.0 Å². The Bertz CT molecular complexity index is 865. The van der Waals surface area contributed by atoms with Crippen molar-refractivity contribution in [2.75, 3.05) is 19.8 Å². The normalized spacial score (nSPS) is 53.8. The molecular weight excluding hydrogens is 572 g/mol. The van der Waals surface area contributed by atoms with Gasteiger partial charge in [0.2, 0.25) is 0 Å². The van der Waals surface area contributed by atoms with E-state index in [4.69, 9.17) is 51.4 Å². The van der Waals surface area contributed by atoms with Gasteiger partial charge in [0.15, 0.2) is 18.9 Å². The molecule has 1 aliphatic carbocycles. The lowest BCUT2D eigenvalue weighted by molar-refractivity contribution is -0.333. The van der Waals surface area contributed by atoms with E-state index in [9.17, 15) is 46.0 Å². The molecule has 4 aliphatic rings. The van der Waals surface area contributed by atoms with Crippen molar-refractivity contribution in [3.63, 3.8) is 0 Å². The van der Waals surface area contributed by atoms with Crippen LogP contribution in [-0.2, 0) is 28.4 Å². The third kappa shape index (κ3) is 6.60. The van der Waals surface area contributed by atoms with Crippen molar-refractivity contribution in [2.45, 2.75) is 123 Å². The Morgan fingerprint density at radius 1 is 0.524 bits per heavy atom. The van der Waals surface area contributed by atoms with Gasteiger partial charge in [0.05, 0.1) is 25.4 Å². The van der Waals surface area contributed by atoms with Crippen molar-refractivity contribution in [3.05, 3.63) is 0 Å². The standard InChI is InChI=1S/C23H44N4O15/c24-2-7-12(31)14(33)10(27)21(37-7)41-19-9(4-29)39-23(17(19)36)42-20-11(30)5(25)1-6(26)18(20)40-22-16(35)15(34)13(32)8(3-28)38-22/h5-23,28-36H,1-4,24-27H2/t5-,6?,7?,8?,9-,10?,11?,12-,13-,14?,15?,16?,17?,18-,19+,20?,21-,22-,23+/m1/s1. The second-order valence-electron chi connectivity index (χ2n) is 11.1. The van der Waals surface area contributed by atoms with Crippen molar-refractivity contribution >= 4 is 0 Å². The van der Waals surface area contributed by atoms with Crippen LogP contribution in [0, 0.1) is 0 Å². The summed E-state index contributed by atoms with van der Waals surface area (Å²) in [6.07, 6.45) is -23.3. The molecule has 0 spiro atoms. The molecule has 17 N–H and O–H groups in total. The van der Waals surface area contributed by atoms with Crippen LogP contribution in [0.1, 0.15) is 6.42 Å². The molecule has 19 heteroatoms. The van der Waals surface area contributed by atoms with Crippen molar-refractivity contribution in [1.82, 2.24) is 0 Å². The maximum atomic E-state index is 11.1. The lowest BCUT2D eigenvalue weighted by atomic mass is 9.84. The molecule has 0 bridgehead atoms. The lowest BCUT2D eigenvalue weighted by Gasteiger charge is -2.46. The first-order valence-electron chi connectivity index (χ1n) is 13.7. The Labute approximate surface area is 240 Å². The Balaban J connectivity index is 1.50. The first-order valence-corrected chi connectivity index (χ1v) is 13.7. The van der Waals surface area contributed by atoms with Crippen LogP contribution in [0.15, 0.2) is 0 Å². The van der Waals surface area contributed by atoms with Crippen LogP contribution < -0.4 is 22.9 Å². The molecule has 19 nitrogen and oxygen atoms in total. The highest BCUT2D eigenvalue weighted by molar-refractivity contribution is 5.01. The number of aliphatic hydroxyl groups is 9. The molecule has 4 rings (SSSR count). The Hall–Kier alpha value is -0.760. The third-order valence-electron chi connectivity index (χ3n) is 8.24. The highest BCUT2D eigenvalue weighted by Gasteiger charge is 2.54. The molecule has 4 fully saturated rings. The summed E-state index contributed by atoms with van der Waals surface area (Å²) >= 11 is 0. The molecule has 0 amide bonds. The monoisotopic (exact) mass is 616 g/mol. The fourth-order valence-corrected chi connectivity index (χ4v) is 5.65. The summed E-state index contributed by atoms with van der Waals surface area (Å²) in [5.41, 5.74) is 23.8. The second kappa shape index (κ2) is 14.1. The Morgan fingerprint density at radius 2 is 1.05 bits per heavy atom. The molecule has 19 atom stereocenters. The summed E-state index contributed by atoms with van der Waals surface area (Å²) in [5, 5.41) is 92.4. The van der Waals surface area contributed by atoms with Gasteiger partial charge < -0.3 is 97.3 Å². The van der Waals surface area contributed by atoms with E-state index >= 15 is 0 Å². The number of rotatable bonds is 9. The van der Waals surface area contributed by atoms with E-state index in [1.54, 1.807) is 0 Å². The largest absolute Gasteiger partial charge is 0.394 e. The summed E-state index contributed by atoms with van der Waals surface area (Å²) in [5.74, 6) is 0. The zero-order valence-corrected chi connectivity index (χ0v) is 22.6. The number of nitrogens with two attached hydrogens (primary N) is 4. The van der Waals surface area contributed by atoms with E-state index in [1.807, 2.05) is 0 Å². The fourth-order valence-electron chi connectivity index (χ4n) is 5.65. The number of hydrogen-bond acceptors (Lipinski definition) is 19. The van der Waals surface area contributed by atoms with Crippen LogP contribution >= 0.6 is 0 Å². The molecule has 0 aromatic heterocycles. The van der Waals surface area contributed by atoms with Gasteiger partial charge in [0, 0.05) is 18.6 Å². The zero-order valence-electron chi connectivity index (χ0n) is 22.6. The van der Waals surface area contributed by atoms with E-state index in [1.165, 1.54) is 0 Å². The van der Waals surface area contributed by atoms with E-state index in [2.05, 4.69) is 0 Å².